The minimum absolute atomic E-state index is 0.0156. The fourth-order valence-electron chi connectivity index (χ4n) is 5.21. The second-order valence-corrected chi connectivity index (χ2v) is 10.5. The van der Waals surface area contributed by atoms with Gasteiger partial charge in [-0.1, -0.05) is 75.1 Å². The molecule has 1 heterocycles. The van der Waals surface area contributed by atoms with E-state index < -0.39 is 11.9 Å². The lowest BCUT2D eigenvalue weighted by atomic mass is 10.0. The highest BCUT2D eigenvalue weighted by Crippen LogP contribution is 2.25. The van der Waals surface area contributed by atoms with Crippen LogP contribution in [-0.4, -0.2) is 39.9 Å². The molecule has 0 saturated carbocycles. The molecule has 1 atom stereocenters. The van der Waals surface area contributed by atoms with Crippen LogP contribution in [0.3, 0.4) is 0 Å². The van der Waals surface area contributed by atoms with Crippen LogP contribution in [0.15, 0.2) is 65.7 Å². The molecule has 3 aromatic carbocycles. The van der Waals surface area contributed by atoms with Gasteiger partial charge in [-0.25, -0.2) is 4.98 Å². The lowest BCUT2D eigenvalue weighted by molar-refractivity contribution is -0.120. The minimum atomic E-state index is -0.824. The second kappa shape index (κ2) is 14.3. The first-order chi connectivity index (χ1) is 19.9. The van der Waals surface area contributed by atoms with Crippen molar-refractivity contribution in [3.8, 4) is 0 Å². The Balaban J connectivity index is 1.59. The predicted molar refractivity (Wildman–Crippen MR) is 166 cm³/mol. The Bertz CT molecular complexity index is 1520. The van der Waals surface area contributed by atoms with E-state index in [1.165, 1.54) is 35.6 Å². The molecule has 0 saturated heterocycles. The average Bonchev–Trinajstić information content (AvgIpc) is 3.30. The van der Waals surface area contributed by atoms with Crippen LogP contribution < -0.4 is 22.5 Å². The topological polar surface area (TPSA) is 154 Å². The van der Waals surface area contributed by atoms with E-state index in [4.69, 9.17) is 22.2 Å². The Labute approximate surface area is 241 Å². The third-order valence-corrected chi connectivity index (χ3v) is 7.40. The van der Waals surface area contributed by atoms with Gasteiger partial charge in [0.05, 0.1) is 11.0 Å². The highest BCUT2D eigenvalue weighted by molar-refractivity contribution is 5.99. The zero-order chi connectivity index (χ0) is 29.2. The molecule has 0 unspecified atom stereocenters. The Morgan fingerprint density at radius 2 is 1.73 bits per heavy atom. The van der Waals surface area contributed by atoms with Gasteiger partial charge in [0.15, 0.2) is 5.96 Å². The lowest BCUT2D eigenvalue weighted by Crippen LogP contribution is -2.44. The number of rotatable bonds is 15. The molecule has 9 heteroatoms. The van der Waals surface area contributed by atoms with E-state index in [0.29, 0.717) is 31.5 Å². The Kier molecular flexibility index (Phi) is 10.3. The van der Waals surface area contributed by atoms with E-state index in [2.05, 4.69) is 64.3 Å². The first-order valence-corrected chi connectivity index (χ1v) is 14.5. The monoisotopic (exact) mass is 555 g/mol. The van der Waals surface area contributed by atoms with Gasteiger partial charge in [0, 0.05) is 25.1 Å². The number of amides is 2. The zero-order valence-corrected chi connectivity index (χ0v) is 23.8. The van der Waals surface area contributed by atoms with Crippen LogP contribution in [0, 0.1) is 0 Å². The number of primary amides is 1. The summed E-state index contributed by atoms with van der Waals surface area (Å²) in [6, 6.07) is 19.5. The van der Waals surface area contributed by atoms with E-state index in [1.54, 1.807) is 12.1 Å². The molecular weight excluding hydrogens is 514 g/mol. The molecule has 41 heavy (non-hydrogen) atoms. The molecule has 0 aliphatic heterocycles. The number of unbranched alkanes of at least 4 members (excludes halogenated alkanes) is 4. The smallest absolute Gasteiger partial charge is 0.252 e. The molecule has 7 N–H and O–H groups in total. The molecule has 0 aliphatic carbocycles. The number of nitrogens with two attached hydrogens (primary N) is 3. The molecule has 4 rings (SSSR count). The number of guanidine groups is 1. The second-order valence-electron chi connectivity index (χ2n) is 10.5. The van der Waals surface area contributed by atoms with Crippen molar-refractivity contribution in [1.29, 1.82) is 0 Å². The highest BCUT2D eigenvalue weighted by Gasteiger charge is 2.20. The molecule has 9 nitrogen and oxygen atoms in total. The third-order valence-electron chi connectivity index (χ3n) is 7.40. The Hall–Kier alpha value is -4.40. The highest BCUT2D eigenvalue weighted by atomic mass is 16.2. The molecule has 0 bridgehead atoms. The number of benzene rings is 3. The van der Waals surface area contributed by atoms with Gasteiger partial charge in [-0.3, -0.25) is 14.6 Å². The maximum absolute atomic E-state index is 13.1. The summed E-state index contributed by atoms with van der Waals surface area (Å²) in [5, 5.41) is 5.19. The van der Waals surface area contributed by atoms with Crippen LogP contribution in [0.4, 0.5) is 0 Å². The van der Waals surface area contributed by atoms with Gasteiger partial charge in [-0.15, -0.1) is 0 Å². The SMILES string of the molecule is CCCCCCCc1nc2cc(C(=O)N[C@@H](CCCN=C(N)N)C(N)=O)ccc2n1Cc1cccc2ccccc12. The number of fused-ring (bicyclic) bond motifs is 2. The maximum atomic E-state index is 13.1. The largest absolute Gasteiger partial charge is 0.370 e. The van der Waals surface area contributed by atoms with Gasteiger partial charge in [-0.05, 0) is 53.8 Å². The van der Waals surface area contributed by atoms with Crippen molar-refractivity contribution in [2.24, 2.45) is 22.2 Å². The van der Waals surface area contributed by atoms with Gasteiger partial charge in [0.25, 0.3) is 5.91 Å². The fraction of sp³-hybridized carbons (Fsp3) is 0.375. The maximum Gasteiger partial charge on any atom is 0.252 e. The number of carbonyl (C=O) groups is 2. The summed E-state index contributed by atoms with van der Waals surface area (Å²) in [6.07, 6.45) is 7.60. The Morgan fingerprint density at radius 1 is 0.951 bits per heavy atom. The molecule has 0 spiro atoms. The van der Waals surface area contributed by atoms with Gasteiger partial charge >= 0.3 is 0 Å². The first kappa shape index (κ1) is 29.6. The van der Waals surface area contributed by atoms with Crippen LogP contribution in [0.2, 0.25) is 0 Å². The number of imidazole rings is 1. The van der Waals surface area contributed by atoms with Crippen molar-refractivity contribution < 1.29 is 9.59 Å². The Morgan fingerprint density at radius 3 is 2.51 bits per heavy atom. The molecule has 0 fully saturated rings. The predicted octanol–water partition coefficient (Wildman–Crippen LogP) is 4.39. The summed E-state index contributed by atoms with van der Waals surface area (Å²) in [6.45, 7) is 3.26. The van der Waals surface area contributed by atoms with Crippen molar-refractivity contribution >= 4 is 39.6 Å². The quantitative estimate of drug-likeness (QED) is 0.0973. The lowest BCUT2D eigenvalue weighted by Gasteiger charge is -2.15. The van der Waals surface area contributed by atoms with E-state index >= 15 is 0 Å². The van der Waals surface area contributed by atoms with E-state index in [-0.39, 0.29) is 11.9 Å². The van der Waals surface area contributed by atoms with Gasteiger partial charge < -0.3 is 27.1 Å². The van der Waals surface area contributed by atoms with Crippen molar-refractivity contribution in [1.82, 2.24) is 14.9 Å². The number of aromatic nitrogens is 2. The van der Waals surface area contributed by atoms with E-state index in [0.717, 1.165) is 36.1 Å². The standard InChI is InChI=1S/C32H41N7O2/c1-2-3-4-5-6-16-29-37-27-20-23(31(41)38-26(30(33)40)15-10-19-36-32(34)35)17-18-28(27)39(29)21-24-13-9-12-22-11-7-8-14-25(22)24/h7-9,11-14,17-18,20,26H,2-6,10,15-16,19,21H2,1H3,(H2,33,40)(H,38,41)(H4,34,35,36)/t26-/m0/s1. The molecular formula is C32H41N7O2. The molecule has 216 valence electrons. The zero-order valence-electron chi connectivity index (χ0n) is 23.8. The summed E-state index contributed by atoms with van der Waals surface area (Å²) in [5.41, 5.74) is 19.6. The van der Waals surface area contributed by atoms with Crippen molar-refractivity contribution in [3.05, 3.63) is 77.6 Å². The molecule has 0 radical (unpaired) electrons. The summed E-state index contributed by atoms with van der Waals surface area (Å²) in [7, 11) is 0. The fourth-order valence-corrected chi connectivity index (χ4v) is 5.21. The molecule has 4 aromatic rings. The molecule has 2 amide bonds. The number of hydrogen-bond acceptors (Lipinski definition) is 4. The molecule has 1 aromatic heterocycles. The van der Waals surface area contributed by atoms with Crippen LogP contribution in [0.1, 0.15) is 73.6 Å². The number of nitrogens with zero attached hydrogens (tertiary/aromatic N) is 3. The number of aryl methyl sites for hydroxylation is 1. The van der Waals surface area contributed by atoms with Crippen molar-refractivity contribution in [2.45, 2.75) is 70.9 Å². The average molecular weight is 556 g/mol. The van der Waals surface area contributed by atoms with Gasteiger partial charge in [0.1, 0.15) is 11.9 Å². The summed E-state index contributed by atoms with van der Waals surface area (Å²) in [4.78, 5) is 34.0. The van der Waals surface area contributed by atoms with E-state index in [1.807, 2.05) is 6.07 Å². The summed E-state index contributed by atoms with van der Waals surface area (Å²) in [5.74, 6) is 0.0195. The van der Waals surface area contributed by atoms with Gasteiger partial charge in [0.2, 0.25) is 5.91 Å². The summed E-state index contributed by atoms with van der Waals surface area (Å²) >= 11 is 0. The number of hydrogen-bond donors (Lipinski definition) is 4. The number of carbonyl (C=O) groups excluding carboxylic acids is 2. The first-order valence-electron chi connectivity index (χ1n) is 14.5. The van der Waals surface area contributed by atoms with Crippen molar-refractivity contribution in [3.63, 3.8) is 0 Å². The van der Waals surface area contributed by atoms with Crippen LogP contribution in [0.5, 0.6) is 0 Å². The van der Waals surface area contributed by atoms with Crippen LogP contribution >= 0.6 is 0 Å². The number of aliphatic imine (C=N–C) groups is 1. The summed E-state index contributed by atoms with van der Waals surface area (Å²) < 4.78 is 2.27. The van der Waals surface area contributed by atoms with Gasteiger partial charge in [-0.2, -0.15) is 0 Å². The van der Waals surface area contributed by atoms with E-state index in [9.17, 15) is 9.59 Å². The van der Waals surface area contributed by atoms with Crippen molar-refractivity contribution in [2.75, 3.05) is 6.54 Å². The third kappa shape index (κ3) is 7.84. The van der Waals surface area contributed by atoms with Crippen LogP contribution in [-0.2, 0) is 17.8 Å². The minimum Gasteiger partial charge on any atom is -0.370 e. The van der Waals surface area contributed by atoms with Crippen LogP contribution in [0.25, 0.3) is 21.8 Å². The normalized spacial score (nSPS) is 11.9. The number of nitrogens with one attached hydrogen (secondary N) is 1. The molecule has 0 aliphatic rings.